The van der Waals surface area contributed by atoms with E-state index >= 15 is 0 Å². The van der Waals surface area contributed by atoms with Crippen molar-refractivity contribution >= 4 is 28.9 Å². The summed E-state index contributed by atoms with van der Waals surface area (Å²) in [6, 6.07) is 4.24. The van der Waals surface area contributed by atoms with Crippen molar-refractivity contribution < 1.29 is 33.3 Å². The van der Waals surface area contributed by atoms with Crippen LogP contribution in [-0.4, -0.2) is 71.9 Å². The molecular weight excluding hydrogens is 586 g/mol. The van der Waals surface area contributed by atoms with Crippen LogP contribution in [0.4, 0.5) is 4.79 Å². The van der Waals surface area contributed by atoms with E-state index in [1.165, 1.54) is 7.11 Å². The second-order valence-corrected chi connectivity index (χ2v) is 13.9. The highest BCUT2D eigenvalue weighted by molar-refractivity contribution is 5.91. The molecule has 10 heteroatoms. The first-order valence-corrected chi connectivity index (χ1v) is 16.7. The molecule has 3 aliphatic rings. The third kappa shape index (κ3) is 7.26. The number of pyridine rings is 1. The van der Waals surface area contributed by atoms with E-state index in [2.05, 4.69) is 11.9 Å². The number of aryl methyl sites for hydroxylation is 1. The third-order valence-corrected chi connectivity index (χ3v) is 9.46. The lowest BCUT2D eigenvalue weighted by Crippen LogP contribution is -2.53. The fraction of sp³-hybridized carbons (Fsp3) is 0.611. The second-order valence-electron chi connectivity index (χ2n) is 13.9. The summed E-state index contributed by atoms with van der Waals surface area (Å²) < 4.78 is 23.2. The Bertz CT molecular complexity index is 1460. The normalized spacial score (nSPS) is 21.6. The predicted octanol–water partition coefficient (Wildman–Crippen LogP) is 6.38. The van der Waals surface area contributed by atoms with E-state index in [0.717, 1.165) is 78.6 Å². The van der Waals surface area contributed by atoms with Crippen LogP contribution < -0.4 is 14.8 Å². The molecule has 1 spiro atoms. The maximum Gasteiger partial charge on any atom is 0.408 e. The summed E-state index contributed by atoms with van der Waals surface area (Å²) in [5.74, 6) is 1.01. The van der Waals surface area contributed by atoms with Crippen molar-refractivity contribution in [3.8, 4) is 11.5 Å². The number of unbranched alkanes of at least 4 members (excludes halogenated alkanes) is 3. The first kappa shape index (κ1) is 33.5. The largest absolute Gasteiger partial charge is 0.497 e. The zero-order chi connectivity index (χ0) is 33.1. The average molecular weight is 636 g/mol. The van der Waals surface area contributed by atoms with Gasteiger partial charge in [0.15, 0.2) is 0 Å². The number of amides is 2. The maximum absolute atomic E-state index is 14.3. The number of methoxy groups -OCH3 is 2. The van der Waals surface area contributed by atoms with Crippen LogP contribution in [0, 0.1) is 0 Å². The fourth-order valence-electron chi connectivity index (χ4n) is 6.88. The number of hydrogen-bond donors (Lipinski definition) is 1. The minimum atomic E-state index is -0.861. The molecule has 1 aliphatic carbocycles. The number of rotatable bonds is 11. The van der Waals surface area contributed by atoms with E-state index in [1.54, 1.807) is 32.8 Å². The Morgan fingerprint density at radius 3 is 2.63 bits per heavy atom. The van der Waals surface area contributed by atoms with Crippen molar-refractivity contribution in [1.29, 1.82) is 0 Å². The van der Waals surface area contributed by atoms with Gasteiger partial charge in [0.1, 0.15) is 34.8 Å². The molecule has 3 atom stereocenters. The lowest BCUT2D eigenvalue weighted by Gasteiger charge is -2.39. The number of hydrogen-bond acceptors (Lipinski definition) is 8. The highest BCUT2D eigenvalue weighted by atomic mass is 16.6. The number of carbonyl (C=O) groups is 3. The molecule has 0 unspecified atom stereocenters. The zero-order valence-electron chi connectivity index (χ0n) is 28.0. The summed E-state index contributed by atoms with van der Waals surface area (Å²) in [6.45, 7) is 9.32. The number of benzene rings is 1. The van der Waals surface area contributed by atoms with Gasteiger partial charge in [0, 0.05) is 23.3 Å². The van der Waals surface area contributed by atoms with Gasteiger partial charge in [-0.05, 0) is 83.9 Å². The lowest BCUT2D eigenvalue weighted by molar-refractivity contribution is -0.151. The fourth-order valence-corrected chi connectivity index (χ4v) is 6.88. The first-order chi connectivity index (χ1) is 22.0. The summed E-state index contributed by atoms with van der Waals surface area (Å²) >= 11 is 0. The number of carbonyl (C=O) groups excluding carboxylic acids is 3. The molecule has 1 N–H and O–H groups in total. The molecule has 2 aromatic rings. The Morgan fingerprint density at radius 2 is 1.98 bits per heavy atom. The minimum Gasteiger partial charge on any atom is -0.497 e. The predicted molar refractivity (Wildman–Crippen MR) is 175 cm³/mol. The standard InChI is InChI=1S/C36H49N3O7/c1-7-8-9-10-11-15-28(38-34(42)46-35(2,3)4)32(40)39-22-36(21-29(39)33(41)44-6)19-18-25-26-20-24(43-5)16-17-27(26)37-30(31(25)45-36)23-13-12-14-23/h7,16-17,20,23,28-29H,1,8-15,18-19,21-22H2,2-6H3,(H,38,42)/t28-,29-,36-/m0/s1. The highest BCUT2D eigenvalue weighted by Crippen LogP contribution is 2.49. The zero-order valence-corrected chi connectivity index (χ0v) is 28.0. The minimum absolute atomic E-state index is 0.203. The SMILES string of the molecule is C=CCCCCC[C@H](NC(=O)OC(C)(C)C)C(=O)N1C[C@]2(CCc3c(c(C4CCC4)nc4ccc(OC)cc34)O2)C[C@H]1C(=O)OC. The molecule has 2 fully saturated rings. The van der Waals surface area contributed by atoms with E-state index in [-0.39, 0.29) is 12.5 Å². The van der Waals surface area contributed by atoms with Gasteiger partial charge in [0.2, 0.25) is 5.91 Å². The van der Waals surface area contributed by atoms with Crippen LogP contribution in [-0.2, 0) is 25.5 Å². The summed E-state index contributed by atoms with van der Waals surface area (Å²) in [6.07, 6.45) is 9.93. The van der Waals surface area contributed by atoms with Crippen molar-refractivity contribution in [1.82, 2.24) is 15.2 Å². The third-order valence-electron chi connectivity index (χ3n) is 9.46. The van der Waals surface area contributed by atoms with E-state index in [9.17, 15) is 14.4 Å². The Kier molecular flexibility index (Phi) is 10.1. The topological polar surface area (TPSA) is 116 Å². The van der Waals surface area contributed by atoms with Gasteiger partial charge in [-0.15, -0.1) is 6.58 Å². The summed E-state index contributed by atoms with van der Waals surface area (Å²) in [5.41, 5.74) is 1.45. The molecule has 2 amide bonds. The molecule has 5 rings (SSSR count). The number of aromatic nitrogens is 1. The molecule has 1 saturated carbocycles. The molecule has 46 heavy (non-hydrogen) atoms. The van der Waals surface area contributed by atoms with E-state index in [4.69, 9.17) is 23.9 Å². The number of esters is 1. The van der Waals surface area contributed by atoms with Crippen molar-refractivity contribution in [3.63, 3.8) is 0 Å². The number of alkyl carbamates (subject to hydrolysis) is 1. The maximum atomic E-state index is 14.3. The number of nitrogens with zero attached hydrogens (tertiary/aromatic N) is 2. The van der Waals surface area contributed by atoms with Gasteiger partial charge in [-0.1, -0.05) is 25.3 Å². The molecule has 1 aromatic heterocycles. The van der Waals surface area contributed by atoms with Gasteiger partial charge < -0.3 is 29.2 Å². The van der Waals surface area contributed by atoms with Gasteiger partial charge in [-0.3, -0.25) is 4.79 Å². The molecule has 250 valence electrons. The van der Waals surface area contributed by atoms with Crippen molar-refractivity contribution in [3.05, 3.63) is 42.1 Å². The van der Waals surface area contributed by atoms with E-state index in [1.807, 2.05) is 24.3 Å². The Hall–Kier alpha value is -3.82. The molecule has 0 bridgehead atoms. The Labute approximate surface area is 272 Å². The molecule has 1 saturated heterocycles. The van der Waals surface area contributed by atoms with Crippen LogP contribution >= 0.6 is 0 Å². The lowest BCUT2D eigenvalue weighted by atomic mass is 9.79. The molecule has 1 aromatic carbocycles. The second kappa shape index (κ2) is 13.9. The molecule has 10 nitrogen and oxygen atoms in total. The van der Waals surface area contributed by atoms with Crippen LogP contribution in [0.5, 0.6) is 11.5 Å². The van der Waals surface area contributed by atoms with Crippen molar-refractivity contribution in [2.45, 2.75) is 121 Å². The van der Waals surface area contributed by atoms with Crippen LogP contribution in [0.2, 0.25) is 0 Å². The van der Waals surface area contributed by atoms with Crippen LogP contribution in [0.15, 0.2) is 30.9 Å². The quantitative estimate of drug-likeness (QED) is 0.172. The average Bonchev–Trinajstić information content (AvgIpc) is 3.36. The number of likely N-dealkylation sites (tertiary alicyclic amines) is 1. The molecule has 0 radical (unpaired) electrons. The van der Waals surface area contributed by atoms with Gasteiger partial charge in [-0.2, -0.15) is 0 Å². The summed E-state index contributed by atoms with van der Waals surface area (Å²) in [7, 11) is 2.99. The van der Waals surface area contributed by atoms with Gasteiger partial charge in [0.25, 0.3) is 0 Å². The summed E-state index contributed by atoms with van der Waals surface area (Å²) in [5, 5.41) is 3.81. The van der Waals surface area contributed by atoms with E-state index in [0.29, 0.717) is 31.6 Å². The van der Waals surface area contributed by atoms with Crippen LogP contribution in [0.25, 0.3) is 10.9 Å². The molecular formula is C36H49N3O7. The Morgan fingerprint density at radius 1 is 1.20 bits per heavy atom. The Balaban J connectivity index is 1.45. The van der Waals surface area contributed by atoms with Gasteiger partial charge >= 0.3 is 12.1 Å². The number of nitrogens with one attached hydrogen (secondary N) is 1. The van der Waals surface area contributed by atoms with Gasteiger partial charge in [0.05, 0.1) is 32.0 Å². The number of fused-ring (bicyclic) bond motifs is 3. The van der Waals surface area contributed by atoms with Crippen molar-refractivity contribution in [2.24, 2.45) is 0 Å². The number of allylic oxidation sites excluding steroid dienone is 1. The smallest absolute Gasteiger partial charge is 0.408 e. The van der Waals surface area contributed by atoms with Crippen LogP contribution in [0.1, 0.15) is 102 Å². The van der Waals surface area contributed by atoms with Crippen LogP contribution in [0.3, 0.4) is 0 Å². The first-order valence-electron chi connectivity index (χ1n) is 16.7. The monoisotopic (exact) mass is 635 g/mol. The molecule has 2 aliphatic heterocycles. The van der Waals surface area contributed by atoms with E-state index < -0.39 is 35.3 Å². The van der Waals surface area contributed by atoms with Gasteiger partial charge in [-0.25, -0.2) is 14.6 Å². The summed E-state index contributed by atoms with van der Waals surface area (Å²) in [4.78, 5) is 47.0. The number of ether oxygens (including phenoxy) is 4. The molecule has 3 heterocycles. The highest BCUT2D eigenvalue weighted by Gasteiger charge is 2.54. The van der Waals surface area contributed by atoms with Crippen molar-refractivity contribution in [2.75, 3.05) is 20.8 Å².